The van der Waals surface area contributed by atoms with Crippen molar-refractivity contribution in [2.45, 2.75) is 13.0 Å². The summed E-state index contributed by atoms with van der Waals surface area (Å²) in [6, 6.07) is 11.2. The van der Waals surface area contributed by atoms with Crippen LogP contribution in [0, 0.1) is 0 Å². The number of methoxy groups -OCH3 is 1. The number of amides is 1. The minimum absolute atomic E-state index is 0.0272. The molecule has 1 heterocycles. The van der Waals surface area contributed by atoms with Gasteiger partial charge in [0, 0.05) is 11.9 Å². The maximum atomic E-state index is 12.1. The zero-order valence-corrected chi connectivity index (χ0v) is 14.1. The minimum Gasteiger partial charge on any atom is -0.493 e. The summed E-state index contributed by atoms with van der Waals surface area (Å²) in [6.45, 7) is 0.875. The van der Waals surface area contributed by atoms with Gasteiger partial charge in [-0.25, -0.2) is 0 Å². The SMILES string of the molecule is COc1ccccc1OCCC(=O)N(C)Cc1ccc(Cl)s1. The molecule has 2 rings (SSSR count). The van der Waals surface area contributed by atoms with Crippen LogP contribution in [-0.2, 0) is 11.3 Å². The van der Waals surface area contributed by atoms with Crippen LogP contribution in [0.2, 0.25) is 4.34 Å². The largest absolute Gasteiger partial charge is 0.493 e. The number of nitrogens with zero attached hydrogens (tertiary/aromatic N) is 1. The molecule has 0 aliphatic carbocycles. The van der Waals surface area contributed by atoms with E-state index in [1.165, 1.54) is 11.3 Å². The van der Waals surface area contributed by atoms with Crippen LogP contribution in [-0.4, -0.2) is 31.6 Å². The van der Waals surface area contributed by atoms with Crippen LogP contribution in [0.1, 0.15) is 11.3 Å². The average molecular weight is 340 g/mol. The van der Waals surface area contributed by atoms with Gasteiger partial charge in [0.15, 0.2) is 11.5 Å². The van der Waals surface area contributed by atoms with Gasteiger partial charge in [-0.15, -0.1) is 11.3 Å². The first kappa shape index (κ1) is 16.6. The number of ether oxygens (including phenoxy) is 2. The Hall–Kier alpha value is -1.72. The van der Waals surface area contributed by atoms with Crippen molar-refractivity contribution in [3.05, 3.63) is 45.6 Å². The average Bonchev–Trinajstić information content (AvgIpc) is 2.92. The quantitative estimate of drug-likeness (QED) is 0.769. The fraction of sp³-hybridized carbons (Fsp3) is 0.312. The topological polar surface area (TPSA) is 38.8 Å². The van der Waals surface area contributed by atoms with Gasteiger partial charge < -0.3 is 14.4 Å². The molecule has 1 amide bonds. The van der Waals surface area contributed by atoms with Gasteiger partial charge in [0.1, 0.15) is 0 Å². The van der Waals surface area contributed by atoms with E-state index >= 15 is 0 Å². The third-order valence-electron chi connectivity index (χ3n) is 3.09. The highest BCUT2D eigenvalue weighted by Gasteiger charge is 2.11. The summed E-state index contributed by atoms with van der Waals surface area (Å²) in [6.07, 6.45) is 0.313. The van der Waals surface area contributed by atoms with E-state index in [2.05, 4.69) is 0 Å². The summed E-state index contributed by atoms with van der Waals surface area (Å²) >= 11 is 7.37. The molecule has 0 radical (unpaired) electrons. The lowest BCUT2D eigenvalue weighted by Crippen LogP contribution is -2.27. The van der Waals surface area contributed by atoms with E-state index in [4.69, 9.17) is 21.1 Å². The molecule has 1 aromatic carbocycles. The van der Waals surface area contributed by atoms with Crippen molar-refractivity contribution in [2.24, 2.45) is 0 Å². The smallest absolute Gasteiger partial charge is 0.226 e. The van der Waals surface area contributed by atoms with Crippen molar-refractivity contribution in [3.8, 4) is 11.5 Å². The van der Waals surface area contributed by atoms with Gasteiger partial charge in [-0.05, 0) is 24.3 Å². The number of para-hydroxylation sites is 2. The molecule has 0 bridgehead atoms. The van der Waals surface area contributed by atoms with Gasteiger partial charge in [0.05, 0.1) is 31.0 Å². The summed E-state index contributed by atoms with van der Waals surface area (Å²) in [4.78, 5) is 14.8. The highest BCUT2D eigenvalue weighted by Crippen LogP contribution is 2.26. The van der Waals surface area contributed by atoms with Crippen molar-refractivity contribution >= 4 is 28.8 Å². The maximum Gasteiger partial charge on any atom is 0.226 e. The number of hydrogen-bond donors (Lipinski definition) is 0. The molecule has 2 aromatic rings. The highest BCUT2D eigenvalue weighted by atomic mass is 35.5. The van der Waals surface area contributed by atoms with Crippen LogP contribution < -0.4 is 9.47 Å². The fourth-order valence-electron chi connectivity index (χ4n) is 1.94. The molecule has 0 saturated heterocycles. The van der Waals surface area contributed by atoms with Gasteiger partial charge in [-0.1, -0.05) is 23.7 Å². The van der Waals surface area contributed by atoms with E-state index in [1.807, 2.05) is 36.4 Å². The van der Waals surface area contributed by atoms with Crippen LogP contribution in [0.15, 0.2) is 36.4 Å². The summed E-state index contributed by atoms with van der Waals surface area (Å²) in [5.41, 5.74) is 0. The van der Waals surface area contributed by atoms with Crippen LogP contribution in [0.4, 0.5) is 0 Å². The molecule has 0 aliphatic rings. The van der Waals surface area contributed by atoms with Crippen molar-refractivity contribution in [2.75, 3.05) is 20.8 Å². The molecule has 0 aliphatic heterocycles. The Morgan fingerprint density at radius 3 is 2.59 bits per heavy atom. The molecular formula is C16H18ClNO3S. The van der Waals surface area contributed by atoms with E-state index in [0.717, 1.165) is 9.21 Å². The number of halogens is 1. The number of benzene rings is 1. The molecule has 0 saturated carbocycles. The Balaban J connectivity index is 1.79. The van der Waals surface area contributed by atoms with Crippen LogP contribution in [0.3, 0.4) is 0 Å². The van der Waals surface area contributed by atoms with Crippen LogP contribution in [0.5, 0.6) is 11.5 Å². The van der Waals surface area contributed by atoms with E-state index < -0.39 is 0 Å². The maximum absolute atomic E-state index is 12.1. The van der Waals surface area contributed by atoms with E-state index in [1.54, 1.807) is 19.1 Å². The van der Waals surface area contributed by atoms with Crippen molar-refractivity contribution in [3.63, 3.8) is 0 Å². The first-order valence-electron chi connectivity index (χ1n) is 6.84. The number of thiophene rings is 1. The molecule has 0 N–H and O–H groups in total. The Bertz CT molecular complexity index is 629. The molecule has 22 heavy (non-hydrogen) atoms. The summed E-state index contributed by atoms with van der Waals surface area (Å²) in [7, 11) is 3.37. The highest BCUT2D eigenvalue weighted by molar-refractivity contribution is 7.16. The zero-order chi connectivity index (χ0) is 15.9. The summed E-state index contributed by atoms with van der Waals surface area (Å²) in [5.74, 6) is 1.33. The fourth-order valence-corrected chi connectivity index (χ4v) is 3.08. The number of carbonyl (C=O) groups excluding carboxylic acids is 1. The predicted molar refractivity (Wildman–Crippen MR) is 88.9 cm³/mol. The first-order valence-corrected chi connectivity index (χ1v) is 8.03. The molecule has 0 fully saturated rings. The standard InChI is InChI=1S/C16H18ClNO3S/c1-18(11-12-7-8-15(17)22-12)16(19)9-10-21-14-6-4-3-5-13(14)20-2/h3-8H,9-11H2,1-2H3. The Morgan fingerprint density at radius 1 is 1.23 bits per heavy atom. The van der Waals surface area contributed by atoms with Gasteiger partial charge >= 0.3 is 0 Å². The van der Waals surface area contributed by atoms with Crippen LogP contribution in [0.25, 0.3) is 0 Å². The summed E-state index contributed by atoms with van der Waals surface area (Å²) < 4.78 is 11.5. The second kappa shape index (κ2) is 8.06. The van der Waals surface area contributed by atoms with Crippen molar-refractivity contribution in [1.29, 1.82) is 0 Å². The molecular weight excluding hydrogens is 322 g/mol. The molecule has 118 valence electrons. The van der Waals surface area contributed by atoms with E-state index in [9.17, 15) is 4.79 Å². The lowest BCUT2D eigenvalue weighted by molar-refractivity contribution is -0.130. The number of rotatable bonds is 7. The second-order valence-electron chi connectivity index (χ2n) is 4.70. The van der Waals surface area contributed by atoms with Gasteiger partial charge in [0.25, 0.3) is 0 Å². The van der Waals surface area contributed by atoms with E-state index in [-0.39, 0.29) is 5.91 Å². The second-order valence-corrected chi connectivity index (χ2v) is 6.50. The third kappa shape index (κ3) is 4.64. The van der Waals surface area contributed by atoms with Crippen molar-refractivity contribution in [1.82, 2.24) is 4.90 Å². The third-order valence-corrected chi connectivity index (χ3v) is 4.31. The van der Waals surface area contributed by atoms with Crippen molar-refractivity contribution < 1.29 is 14.3 Å². The normalized spacial score (nSPS) is 10.3. The Kier molecular flexibility index (Phi) is 6.10. The molecule has 0 atom stereocenters. The van der Waals surface area contributed by atoms with Gasteiger partial charge in [-0.2, -0.15) is 0 Å². The molecule has 6 heteroatoms. The zero-order valence-electron chi connectivity index (χ0n) is 12.5. The lowest BCUT2D eigenvalue weighted by atomic mass is 10.3. The van der Waals surface area contributed by atoms with E-state index in [0.29, 0.717) is 31.1 Å². The predicted octanol–water partition coefficient (Wildman–Crippen LogP) is 3.84. The Morgan fingerprint density at radius 2 is 1.95 bits per heavy atom. The Labute approximate surface area is 139 Å². The lowest BCUT2D eigenvalue weighted by Gasteiger charge is -2.16. The molecule has 0 unspecified atom stereocenters. The molecule has 1 aromatic heterocycles. The monoisotopic (exact) mass is 339 g/mol. The molecule has 4 nitrogen and oxygen atoms in total. The number of carbonyl (C=O) groups is 1. The minimum atomic E-state index is 0.0272. The summed E-state index contributed by atoms with van der Waals surface area (Å²) in [5, 5.41) is 0. The number of hydrogen-bond acceptors (Lipinski definition) is 4. The molecule has 0 spiro atoms. The van der Waals surface area contributed by atoms with Gasteiger partial charge in [0.2, 0.25) is 5.91 Å². The first-order chi connectivity index (χ1) is 10.6. The van der Waals surface area contributed by atoms with Crippen LogP contribution >= 0.6 is 22.9 Å². The van der Waals surface area contributed by atoms with Gasteiger partial charge in [-0.3, -0.25) is 4.79 Å².